The highest BCUT2D eigenvalue weighted by Crippen LogP contribution is 2.35. The zero-order valence-corrected chi connectivity index (χ0v) is 15.1. The normalized spacial score (nSPS) is 18.0. The Morgan fingerprint density at radius 1 is 1.15 bits per heavy atom. The number of anilines is 2. The molecule has 134 valence electrons. The van der Waals surface area contributed by atoms with Crippen LogP contribution in [0.3, 0.4) is 0 Å². The Morgan fingerprint density at radius 2 is 2.04 bits per heavy atom. The number of halogens is 1. The van der Waals surface area contributed by atoms with Gasteiger partial charge in [0.2, 0.25) is 0 Å². The molecule has 1 aliphatic heterocycles. The largest absolute Gasteiger partial charge is 0.383 e. The predicted octanol–water partition coefficient (Wildman–Crippen LogP) is 2.99. The summed E-state index contributed by atoms with van der Waals surface area (Å²) in [5.41, 5.74) is 1.77. The Morgan fingerprint density at radius 3 is 2.81 bits per heavy atom. The summed E-state index contributed by atoms with van der Waals surface area (Å²) in [5.74, 6) is 3.10. The van der Waals surface area contributed by atoms with E-state index in [1.165, 1.54) is 19.3 Å². The Kier molecular flexibility index (Phi) is 3.89. The summed E-state index contributed by atoms with van der Waals surface area (Å²) in [5, 5.41) is 17.5. The second-order valence-corrected chi connectivity index (χ2v) is 7.56. The molecule has 0 amide bonds. The second-order valence-electron chi connectivity index (χ2n) is 7.15. The van der Waals surface area contributed by atoms with Gasteiger partial charge in [-0.15, -0.1) is 15.3 Å². The molecule has 26 heavy (non-hydrogen) atoms. The molecule has 1 N–H and O–H groups in total. The zero-order valence-electron chi connectivity index (χ0n) is 14.3. The number of fused-ring (bicyclic) bond motifs is 1. The lowest BCUT2D eigenvalue weighted by atomic mass is 9.85. The molecule has 0 bridgehead atoms. The highest BCUT2D eigenvalue weighted by molar-refractivity contribution is 6.33. The highest BCUT2D eigenvalue weighted by Gasteiger charge is 2.29. The second kappa shape index (κ2) is 6.39. The van der Waals surface area contributed by atoms with Crippen molar-refractivity contribution in [3.8, 4) is 0 Å². The van der Waals surface area contributed by atoms with Gasteiger partial charge in [0, 0.05) is 43.9 Å². The monoisotopic (exact) mass is 369 g/mol. The van der Waals surface area contributed by atoms with Crippen molar-refractivity contribution in [1.29, 1.82) is 0 Å². The van der Waals surface area contributed by atoms with Gasteiger partial charge < -0.3 is 10.2 Å². The minimum absolute atomic E-state index is 0.520. The van der Waals surface area contributed by atoms with E-state index in [1.807, 2.05) is 22.7 Å². The maximum Gasteiger partial charge on any atom is 0.178 e. The van der Waals surface area contributed by atoms with Gasteiger partial charge in [-0.3, -0.25) is 4.98 Å². The molecule has 2 fully saturated rings. The molecule has 4 heterocycles. The first-order valence-corrected chi connectivity index (χ1v) is 9.46. The molecule has 1 saturated carbocycles. The SMILES string of the molecule is Clc1cnccc1NCC1CN(c2ccc3nnc(C4CCC4)n3n2)C1. The summed E-state index contributed by atoms with van der Waals surface area (Å²) in [7, 11) is 0. The van der Waals surface area contributed by atoms with Gasteiger partial charge in [-0.1, -0.05) is 18.0 Å². The van der Waals surface area contributed by atoms with Gasteiger partial charge in [-0.2, -0.15) is 4.52 Å². The molecule has 2 aliphatic rings. The van der Waals surface area contributed by atoms with Crippen molar-refractivity contribution in [2.45, 2.75) is 25.2 Å². The van der Waals surface area contributed by atoms with Crippen molar-refractivity contribution in [1.82, 2.24) is 24.8 Å². The van der Waals surface area contributed by atoms with Gasteiger partial charge in [0.05, 0.1) is 10.7 Å². The Balaban J connectivity index is 1.24. The van der Waals surface area contributed by atoms with Crippen LogP contribution in [0.4, 0.5) is 11.5 Å². The van der Waals surface area contributed by atoms with Crippen molar-refractivity contribution >= 4 is 28.8 Å². The number of hydrogen-bond donors (Lipinski definition) is 1. The van der Waals surface area contributed by atoms with Crippen LogP contribution in [0.2, 0.25) is 5.02 Å². The van der Waals surface area contributed by atoms with Crippen LogP contribution in [-0.2, 0) is 0 Å². The van der Waals surface area contributed by atoms with Crippen LogP contribution in [0.25, 0.3) is 5.65 Å². The summed E-state index contributed by atoms with van der Waals surface area (Å²) in [6, 6.07) is 5.96. The van der Waals surface area contributed by atoms with Crippen LogP contribution < -0.4 is 10.2 Å². The van der Waals surface area contributed by atoms with Crippen molar-refractivity contribution in [3.63, 3.8) is 0 Å². The molecule has 8 heteroatoms. The van der Waals surface area contributed by atoms with Crippen LogP contribution in [0.1, 0.15) is 31.0 Å². The fraction of sp³-hybridized carbons (Fsp3) is 0.444. The molecular weight excluding hydrogens is 350 g/mol. The van der Waals surface area contributed by atoms with E-state index < -0.39 is 0 Å². The molecule has 0 atom stereocenters. The molecule has 0 spiro atoms. The Hall–Kier alpha value is -2.41. The molecule has 3 aromatic rings. The van der Waals surface area contributed by atoms with Gasteiger partial charge in [0.1, 0.15) is 5.82 Å². The number of hydrogen-bond acceptors (Lipinski definition) is 6. The summed E-state index contributed by atoms with van der Waals surface area (Å²) in [6.07, 6.45) is 7.08. The third-order valence-corrected chi connectivity index (χ3v) is 5.68. The van der Waals surface area contributed by atoms with E-state index in [0.717, 1.165) is 42.6 Å². The van der Waals surface area contributed by atoms with E-state index in [0.29, 0.717) is 16.9 Å². The predicted molar refractivity (Wildman–Crippen MR) is 101 cm³/mol. The quantitative estimate of drug-likeness (QED) is 0.745. The molecule has 5 rings (SSSR count). The molecule has 1 aliphatic carbocycles. The average Bonchev–Trinajstić information content (AvgIpc) is 2.97. The van der Waals surface area contributed by atoms with Crippen LogP contribution >= 0.6 is 11.6 Å². The minimum atomic E-state index is 0.520. The summed E-state index contributed by atoms with van der Waals surface area (Å²) in [6.45, 7) is 2.85. The topological polar surface area (TPSA) is 71.2 Å². The molecule has 0 unspecified atom stereocenters. The molecular formula is C18H20ClN7. The number of rotatable bonds is 5. The lowest BCUT2D eigenvalue weighted by molar-refractivity contribution is 0.393. The highest BCUT2D eigenvalue weighted by atomic mass is 35.5. The van der Waals surface area contributed by atoms with Crippen molar-refractivity contribution < 1.29 is 0 Å². The van der Waals surface area contributed by atoms with Crippen LogP contribution in [-0.4, -0.2) is 44.4 Å². The fourth-order valence-corrected chi connectivity index (χ4v) is 3.73. The minimum Gasteiger partial charge on any atom is -0.383 e. The summed E-state index contributed by atoms with van der Waals surface area (Å²) >= 11 is 6.14. The first-order valence-electron chi connectivity index (χ1n) is 9.08. The molecule has 0 radical (unpaired) electrons. The zero-order chi connectivity index (χ0) is 17.5. The van der Waals surface area contributed by atoms with Gasteiger partial charge in [0.15, 0.2) is 11.5 Å². The summed E-state index contributed by atoms with van der Waals surface area (Å²) < 4.78 is 1.93. The fourth-order valence-electron chi connectivity index (χ4n) is 3.54. The van der Waals surface area contributed by atoms with E-state index in [-0.39, 0.29) is 0 Å². The van der Waals surface area contributed by atoms with Gasteiger partial charge in [0.25, 0.3) is 0 Å². The van der Waals surface area contributed by atoms with Gasteiger partial charge >= 0.3 is 0 Å². The van der Waals surface area contributed by atoms with Crippen LogP contribution in [0, 0.1) is 5.92 Å². The van der Waals surface area contributed by atoms with Crippen LogP contribution in [0.5, 0.6) is 0 Å². The maximum absolute atomic E-state index is 6.14. The number of aromatic nitrogens is 5. The number of pyridine rings is 1. The van der Waals surface area contributed by atoms with E-state index >= 15 is 0 Å². The lowest BCUT2D eigenvalue weighted by Gasteiger charge is -2.40. The standard InChI is InChI=1S/C18H20ClN7/c19-14-9-20-7-6-15(14)21-8-12-10-25(11-12)17-5-4-16-22-23-18(26(16)24-17)13-2-1-3-13/h4-7,9,12-13H,1-3,8,10-11H2,(H,20,21). The molecule has 7 nitrogen and oxygen atoms in total. The first-order chi connectivity index (χ1) is 12.8. The first kappa shape index (κ1) is 15.8. The Labute approximate surface area is 156 Å². The molecule has 1 saturated heterocycles. The number of nitrogens with one attached hydrogen (secondary N) is 1. The van der Waals surface area contributed by atoms with Crippen molar-refractivity contribution in [2.24, 2.45) is 5.92 Å². The summed E-state index contributed by atoms with van der Waals surface area (Å²) in [4.78, 5) is 6.30. The average molecular weight is 370 g/mol. The van der Waals surface area contributed by atoms with Gasteiger partial charge in [-0.25, -0.2) is 0 Å². The number of nitrogens with zero attached hydrogens (tertiary/aromatic N) is 6. The van der Waals surface area contributed by atoms with Crippen molar-refractivity contribution in [2.75, 3.05) is 29.9 Å². The van der Waals surface area contributed by atoms with E-state index in [4.69, 9.17) is 16.7 Å². The smallest absolute Gasteiger partial charge is 0.178 e. The molecule has 3 aromatic heterocycles. The van der Waals surface area contributed by atoms with E-state index in [2.05, 4.69) is 25.4 Å². The van der Waals surface area contributed by atoms with Crippen molar-refractivity contribution in [3.05, 3.63) is 41.4 Å². The van der Waals surface area contributed by atoms with Crippen LogP contribution in [0.15, 0.2) is 30.6 Å². The van der Waals surface area contributed by atoms with E-state index in [9.17, 15) is 0 Å². The third-order valence-electron chi connectivity index (χ3n) is 5.38. The van der Waals surface area contributed by atoms with Gasteiger partial charge in [-0.05, 0) is 31.0 Å². The maximum atomic E-state index is 6.14. The molecule has 0 aromatic carbocycles. The van der Waals surface area contributed by atoms with E-state index in [1.54, 1.807) is 12.4 Å². The Bertz CT molecular complexity index is 930. The third kappa shape index (κ3) is 2.76. The lowest BCUT2D eigenvalue weighted by Crippen LogP contribution is -2.50.